The molecule has 0 saturated heterocycles. The SMILES string of the molecule is CC(C)Cn1nc(-c2ccccc2)cc1Cl. The van der Waals surface area contributed by atoms with Gasteiger partial charge in [-0.25, -0.2) is 0 Å². The number of benzene rings is 1. The molecule has 16 heavy (non-hydrogen) atoms. The second-order valence-electron chi connectivity index (χ2n) is 4.29. The number of hydrogen-bond acceptors (Lipinski definition) is 1. The highest BCUT2D eigenvalue weighted by Gasteiger charge is 2.08. The van der Waals surface area contributed by atoms with Crippen LogP contribution in [0.3, 0.4) is 0 Å². The third-order valence-electron chi connectivity index (χ3n) is 2.34. The van der Waals surface area contributed by atoms with Crippen LogP contribution in [-0.2, 0) is 6.54 Å². The number of rotatable bonds is 3. The van der Waals surface area contributed by atoms with E-state index < -0.39 is 0 Å². The van der Waals surface area contributed by atoms with E-state index in [9.17, 15) is 0 Å². The van der Waals surface area contributed by atoms with Crippen molar-refractivity contribution in [1.82, 2.24) is 9.78 Å². The Kier molecular flexibility index (Phi) is 3.30. The molecule has 0 fully saturated rings. The third-order valence-corrected chi connectivity index (χ3v) is 2.64. The molecule has 0 aliphatic heterocycles. The normalized spacial score (nSPS) is 11.0. The van der Waals surface area contributed by atoms with Crippen molar-refractivity contribution in [2.45, 2.75) is 20.4 Å². The summed E-state index contributed by atoms with van der Waals surface area (Å²) in [5, 5.41) is 5.21. The Labute approximate surface area is 101 Å². The maximum absolute atomic E-state index is 6.14. The van der Waals surface area contributed by atoms with Crippen LogP contribution in [0.5, 0.6) is 0 Å². The van der Waals surface area contributed by atoms with E-state index >= 15 is 0 Å². The quantitative estimate of drug-likeness (QED) is 0.789. The van der Waals surface area contributed by atoms with Gasteiger partial charge in [0.15, 0.2) is 0 Å². The summed E-state index contributed by atoms with van der Waals surface area (Å²) in [6, 6.07) is 12.0. The molecule has 1 aromatic carbocycles. The van der Waals surface area contributed by atoms with E-state index in [0.717, 1.165) is 17.8 Å². The monoisotopic (exact) mass is 234 g/mol. The Bertz CT molecular complexity index is 460. The molecule has 1 heterocycles. The lowest BCUT2D eigenvalue weighted by Crippen LogP contribution is -2.06. The van der Waals surface area contributed by atoms with Crippen molar-refractivity contribution in [2.75, 3.05) is 0 Å². The summed E-state index contributed by atoms with van der Waals surface area (Å²) in [7, 11) is 0. The summed E-state index contributed by atoms with van der Waals surface area (Å²) in [5.74, 6) is 0.543. The van der Waals surface area contributed by atoms with Crippen LogP contribution in [0.15, 0.2) is 36.4 Å². The average molecular weight is 235 g/mol. The maximum Gasteiger partial charge on any atom is 0.127 e. The first-order valence-corrected chi connectivity index (χ1v) is 5.83. The van der Waals surface area contributed by atoms with Crippen molar-refractivity contribution in [3.05, 3.63) is 41.6 Å². The average Bonchev–Trinajstić information content (AvgIpc) is 2.61. The predicted molar refractivity (Wildman–Crippen MR) is 67.5 cm³/mol. The minimum absolute atomic E-state index is 0.543. The summed E-state index contributed by atoms with van der Waals surface area (Å²) in [4.78, 5) is 0. The number of nitrogens with zero attached hydrogens (tertiary/aromatic N) is 2. The van der Waals surface area contributed by atoms with Crippen LogP contribution >= 0.6 is 11.6 Å². The number of aromatic nitrogens is 2. The van der Waals surface area contributed by atoms with Gasteiger partial charge in [-0.2, -0.15) is 5.10 Å². The standard InChI is InChI=1S/C13H15ClN2/c1-10(2)9-16-13(14)8-12(15-16)11-6-4-3-5-7-11/h3-8,10H,9H2,1-2H3. The molecule has 0 bridgehead atoms. The summed E-state index contributed by atoms with van der Waals surface area (Å²) < 4.78 is 1.86. The first-order valence-electron chi connectivity index (χ1n) is 5.45. The molecular weight excluding hydrogens is 220 g/mol. The van der Waals surface area contributed by atoms with Crippen LogP contribution in [0, 0.1) is 5.92 Å². The first kappa shape index (κ1) is 11.2. The summed E-state index contributed by atoms with van der Waals surface area (Å²) in [6.45, 7) is 5.16. The van der Waals surface area contributed by atoms with Crippen LogP contribution in [0.2, 0.25) is 5.15 Å². The number of hydrogen-bond donors (Lipinski definition) is 0. The van der Waals surface area contributed by atoms with Gasteiger partial charge >= 0.3 is 0 Å². The molecule has 0 amide bonds. The Hall–Kier alpha value is -1.28. The summed E-state index contributed by atoms with van der Waals surface area (Å²) in [6.07, 6.45) is 0. The molecular formula is C13H15ClN2. The zero-order valence-corrected chi connectivity index (χ0v) is 10.3. The third kappa shape index (κ3) is 2.45. The smallest absolute Gasteiger partial charge is 0.127 e. The zero-order valence-electron chi connectivity index (χ0n) is 9.52. The minimum atomic E-state index is 0.543. The predicted octanol–water partition coefficient (Wildman–Crippen LogP) is 3.86. The van der Waals surface area contributed by atoms with E-state index in [1.54, 1.807) is 0 Å². The molecule has 2 nitrogen and oxygen atoms in total. The highest BCUT2D eigenvalue weighted by atomic mass is 35.5. The molecule has 0 aliphatic carbocycles. The van der Waals surface area contributed by atoms with E-state index in [4.69, 9.17) is 11.6 Å². The van der Waals surface area contributed by atoms with E-state index in [-0.39, 0.29) is 0 Å². The zero-order chi connectivity index (χ0) is 11.5. The van der Waals surface area contributed by atoms with Gasteiger partial charge in [-0.1, -0.05) is 55.8 Å². The van der Waals surface area contributed by atoms with Gasteiger partial charge in [0.2, 0.25) is 0 Å². The van der Waals surface area contributed by atoms with E-state index in [0.29, 0.717) is 11.1 Å². The van der Waals surface area contributed by atoms with Crippen LogP contribution in [0.1, 0.15) is 13.8 Å². The molecule has 1 aromatic heterocycles. The van der Waals surface area contributed by atoms with Gasteiger partial charge in [-0.15, -0.1) is 0 Å². The Balaban J connectivity index is 2.31. The van der Waals surface area contributed by atoms with Gasteiger partial charge in [0.1, 0.15) is 5.15 Å². The molecule has 0 saturated carbocycles. The molecule has 84 valence electrons. The van der Waals surface area contributed by atoms with Crippen molar-refractivity contribution >= 4 is 11.6 Å². The molecule has 0 aliphatic rings. The Morgan fingerprint density at radius 2 is 1.94 bits per heavy atom. The Morgan fingerprint density at radius 1 is 1.25 bits per heavy atom. The topological polar surface area (TPSA) is 17.8 Å². The molecule has 0 N–H and O–H groups in total. The first-order chi connectivity index (χ1) is 7.66. The van der Waals surface area contributed by atoms with Crippen LogP contribution < -0.4 is 0 Å². The second kappa shape index (κ2) is 4.71. The van der Waals surface area contributed by atoms with Gasteiger partial charge in [0.25, 0.3) is 0 Å². The molecule has 0 atom stereocenters. The largest absolute Gasteiger partial charge is 0.253 e. The van der Waals surface area contributed by atoms with Crippen molar-refractivity contribution in [3.63, 3.8) is 0 Å². The summed E-state index contributed by atoms with van der Waals surface area (Å²) in [5.41, 5.74) is 2.04. The van der Waals surface area contributed by atoms with Gasteiger partial charge in [0, 0.05) is 18.2 Å². The Morgan fingerprint density at radius 3 is 2.56 bits per heavy atom. The van der Waals surface area contributed by atoms with Gasteiger partial charge < -0.3 is 0 Å². The van der Waals surface area contributed by atoms with Crippen molar-refractivity contribution < 1.29 is 0 Å². The molecule has 0 spiro atoms. The van der Waals surface area contributed by atoms with Crippen molar-refractivity contribution in [2.24, 2.45) is 5.92 Å². The molecule has 3 heteroatoms. The van der Waals surface area contributed by atoms with Crippen LogP contribution in [-0.4, -0.2) is 9.78 Å². The lowest BCUT2D eigenvalue weighted by Gasteiger charge is -2.05. The highest BCUT2D eigenvalue weighted by molar-refractivity contribution is 6.29. The van der Waals surface area contributed by atoms with Crippen molar-refractivity contribution in [1.29, 1.82) is 0 Å². The molecule has 2 aromatic rings. The van der Waals surface area contributed by atoms with E-state index in [1.807, 2.05) is 41.1 Å². The minimum Gasteiger partial charge on any atom is -0.253 e. The van der Waals surface area contributed by atoms with Gasteiger partial charge in [-0.05, 0) is 5.92 Å². The second-order valence-corrected chi connectivity index (χ2v) is 4.68. The fourth-order valence-electron chi connectivity index (χ4n) is 1.62. The lowest BCUT2D eigenvalue weighted by molar-refractivity contribution is 0.484. The maximum atomic E-state index is 6.14. The molecule has 0 unspecified atom stereocenters. The highest BCUT2D eigenvalue weighted by Crippen LogP contribution is 2.22. The van der Waals surface area contributed by atoms with Gasteiger partial charge in [-0.3, -0.25) is 4.68 Å². The summed E-state index contributed by atoms with van der Waals surface area (Å²) >= 11 is 6.14. The fraction of sp³-hybridized carbons (Fsp3) is 0.308. The van der Waals surface area contributed by atoms with Crippen LogP contribution in [0.4, 0.5) is 0 Å². The van der Waals surface area contributed by atoms with E-state index in [1.165, 1.54) is 0 Å². The van der Waals surface area contributed by atoms with Crippen molar-refractivity contribution in [3.8, 4) is 11.3 Å². The van der Waals surface area contributed by atoms with E-state index in [2.05, 4.69) is 18.9 Å². The fourth-order valence-corrected chi connectivity index (χ4v) is 1.83. The molecule has 0 radical (unpaired) electrons. The number of halogens is 1. The molecule has 2 rings (SSSR count). The van der Waals surface area contributed by atoms with Crippen LogP contribution in [0.25, 0.3) is 11.3 Å². The lowest BCUT2D eigenvalue weighted by atomic mass is 10.2. The van der Waals surface area contributed by atoms with Gasteiger partial charge in [0.05, 0.1) is 5.69 Å².